The first-order valence-electron chi connectivity index (χ1n) is 7.22. The Balaban J connectivity index is 2.22. The lowest BCUT2D eigenvalue weighted by atomic mass is 10.1. The van der Waals surface area contributed by atoms with Gasteiger partial charge in [-0.25, -0.2) is 4.79 Å². The molecule has 2 aromatic carbocycles. The van der Waals surface area contributed by atoms with Crippen LogP contribution in [0, 0.1) is 11.3 Å². The molecule has 2 rings (SSSR count). The highest BCUT2D eigenvalue weighted by Crippen LogP contribution is 2.30. The third kappa shape index (κ3) is 5.24. The predicted molar refractivity (Wildman–Crippen MR) is 98.3 cm³/mol. The maximum atomic E-state index is 12.3. The lowest BCUT2D eigenvalue weighted by Gasteiger charge is -2.08. The van der Waals surface area contributed by atoms with Crippen molar-refractivity contribution in [1.82, 2.24) is 0 Å². The summed E-state index contributed by atoms with van der Waals surface area (Å²) < 4.78 is 5.06. The van der Waals surface area contributed by atoms with E-state index in [-0.39, 0.29) is 21.3 Å². The summed E-state index contributed by atoms with van der Waals surface area (Å²) in [6, 6.07) is 12.9. The first-order valence-corrected chi connectivity index (χ1v) is 7.98. The minimum absolute atomic E-state index is 0.184. The van der Waals surface area contributed by atoms with Crippen LogP contribution in [0.1, 0.15) is 5.56 Å². The number of carboxylic acids is 1. The van der Waals surface area contributed by atoms with Crippen LogP contribution in [-0.2, 0) is 9.59 Å². The van der Waals surface area contributed by atoms with Crippen LogP contribution in [0.2, 0.25) is 10.0 Å². The number of carboxylic acid groups (broad SMARTS) is 1. The molecule has 0 fully saturated rings. The number of benzene rings is 2. The fraction of sp³-hybridized carbons (Fsp3) is 0.0556. The van der Waals surface area contributed by atoms with Crippen molar-refractivity contribution in [1.29, 1.82) is 5.26 Å². The van der Waals surface area contributed by atoms with Crippen molar-refractivity contribution in [2.75, 3.05) is 11.9 Å². The summed E-state index contributed by atoms with van der Waals surface area (Å²) in [5, 5.41) is 20.9. The molecule has 0 radical (unpaired) electrons. The molecule has 8 heteroatoms. The zero-order valence-corrected chi connectivity index (χ0v) is 14.7. The number of hydrogen-bond donors (Lipinski definition) is 2. The van der Waals surface area contributed by atoms with Crippen molar-refractivity contribution in [2.24, 2.45) is 0 Å². The fourth-order valence-corrected chi connectivity index (χ4v) is 2.44. The number of nitrogens with one attached hydrogen (secondary N) is 1. The van der Waals surface area contributed by atoms with Gasteiger partial charge >= 0.3 is 5.97 Å². The van der Waals surface area contributed by atoms with E-state index in [1.165, 1.54) is 12.1 Å². The van der Waals surface area contributed by atoms with Crippen molar-refractivity contribution >= 4 is 46.8 Å². The zero-order chi connectivity index (χ0) is 19.1. The summed E-state index contributed by atoms with van der Waals surface area (Å²) in [5.41, 5.74) is 0.516. The normalized spacial score (nSPS) is 10.7. The Bertz CT molecular complexity index is 899. The Morgan fingerprint density at radius 1 is 1.19 bits per heavy atom. The molecule has 2 N–H and O–H groups in total. The lowest BCUT2D eigenvalue weighted by molar-refractivity contribution is -0.139. The van der Waals surface area contributed by atoms with Crippen molar-refractivity contribution in [3.8, 4) is 11.8 Å². The van der Waals surface area contributed by atoms with E-state index in [0.717, 1.165) is 0 Å². The molecule has 132 valence electrons. The lowest BCUT2D eigenvalue weighted by Crippen LogP contribution is -2.14. The SMILES string of the molecule is N#C/C(=C\c1cccc(OCC(=O)O)c1)C(=O)Nc1c(Cl)cccc1Cl. The third-order valence-corrected chi connectivity index (χ3v) is 3.73. The zero-order valence-electron chi connectivity index (χ0n) is 13.2. The molecule has 0 unspecified atom stereocenters. The molecule has 0 aliphatic carbocycles. The molecule has 2 aromatic rings. The summed E-state index contributed by atoms with van der Waals surface area (Å²) in [7, 11) is 0. The molecule has 0 saturated carbocycles. The number of carbonyl (C=O) groups is 2. The molecular weight excluding hydrogens is 379 g/mol. The number of hydrogen-bond acceptors (Lipinski definition) is 4. The van der Waals surface area contributed by atoms with E-state index < -0.39 is 18.5 Å². The van der Waals surface area contributed by atoms with E-state index >= 15 is 0 Å². The number of carbonyl (C=O) groups excluding carboxylic acids is 1. The van der Waals surface area contributed by atoms with Crippen LogP contribution in [0.3, 0.4) is 0 Å². The van der Waals surface area contributed by atoms with Crippen molar-refractivity contribution in [2.45, 2.75) is 0 Å². The second-order valence-corrected chi connectivity index (χ2v) is 5.79. The van der Waals surface area contributed by atoms with Crippen molar-refractivity contribution in [3.05, 3.63) is 63.6 Å². The van der Waals surface area contributed by atoms with Gasteiger partial charge in [-0.3, -0.25) is 4.79 Å². The van der Waals surface area contributed by atoms with Crippen LogP contribution in [0.5, 0.6) is 5.75 Å². The van der Waals surface area contributed by atoms with Gasteiger partial charge < -0.3 is 15.2 Å². The third-order valence-electron chi connectivity index (χ3n) is 3.10. The van der Waals surface area contributed by atoms with Gasteiger partial charge in [0.15, 0.2) is 6.61 Å². The Morgan fingerprint density at radius 2 is 1.85 bits per heavy atom. The van der Waals surface area contributed by atoms with Gasteiger partial charge in [0.2, 0.25) is 0 Å². The summed E-state index contributed by atoms with van der Waals surface area (Å²) in [5.74, 6) is -1.49. The molecule has 0 aliphatic heterocycles. The number of nitrogens with zero attached hydrogens (tertiary/aromatic N) is 1. The second-order valence-electron chi connectivity index (χ2n) is 4.98. The fourth-order valence-electron chi connectivity index (χ4n) is 1.95. The van der Waals surface area contributed by atoms with Gasteiger partial charge in [-0.05, 0) is 35.9 Å². The molecular formula is C18H12Cl2N2O4. The smallest absolute Gasteiger partial charge is 0.341 e. The first kappa shape index (κ1) is 19.3. The topological polar surface area (TPSA) is 99.4 Å². The maximum absolute atomic E-state index is 12.3. The second kappa shape index (κ2) is 8.90. The van der Waals surface area contributed by atoms with E-state index in [4.69, 9.17) is 33.0 Å². The van der Waals surface area contributed by atoms with Crippen LogP contribution in [0.4, 0.5) is 5.69 Å². The van der Waals surface area contributed by atoms with Gasteiger partial charge in [-0.2, -0.15) is 5.26 Å². The number of anilines is 1. The van der Waals surface area contributed by atoms with E-state index in [1.807, 2.05) is 6.07 Å². The molecule has 0 atom stereocenters. The van der Waals surface area contributed by atoms with Gasteiger partial charge in [0.1, 0.15) is 17.4 Å². The van der Waals surface area contributed by atoms with Gasteiger partial charge in [-0.1, -0.05) is 41.4 Å². The molecule has 0 heterocycles. The Hall–Kier alpha value is -3.01. The van der Waals surface area contributed by atoms with Gasteiger partial charge in [0.05, 0.1) is 15.7 Å². The van der Waals surface area contributed by atoms with Crippen LogP contribution in [0.15, 0.2) is 48.0 Å². The summed E-state index contributed by atoms with van der Waals surface area (Å²) in [6.45, 7) is -0.496. The van der Waals surface area contributed by atoms with E-state index in [1.54, 1.807) is 36.4 Å². The highest BCUT2D eigenvalue weighted by atomic mass is 35.5. The molecule has 0 bridgehead atoms. The quantitative estimate of drug-likeness (QED) is 0.573. The molecule has 6 nitrogen and oxygen atoms in total. The monoisotopic (exact) mass is 390 g/mol. The molecule has 26 heavy (non-hydrogen) atoms. The van der Waals surface area contributed by atoms with E-state index in [9.17, 15) is 14.9 Å². The van der Waals surface area contributed by atoms with Crippen molar-refractivity contribution < 1.29 is 19.4 Å². The molecule has 0 saturated heterocycles. The standard InChI is InChI=1S/C18H12Cl2N2O4/c19-14-5-2-6-15(20)17(14)22-18(25)12(9-21)7-11-3-1-4-13(8-11)26-10-16(23)24/h1-8H,10H2,(H,22,25)(H,23,24)/b12-7+. The van der Waals surface area contributed by atoms with E-state index in [0.29, 0.717) is 11.3 Å². The molecule has 0 spiro atoms. The average Bonchev–Trinajstić information content (AvgIpc) is 2.61. The first-order chi connectivity index (χ1) is 12.4. The average molecular weight is 391 g/mol. The highest BCUT2D eigenvalue weighted by molar-refractivity contribution is 6.40. The van der Waals surface area contributed by atoms with Crippen LogP contribution in [-0.4, -0.2) is 23.6 Å². The highest BCUT2D eigenvalue weighted by Gasteiger charge is 2.14. The van der Waals surface area contributed by atoms with Crippen molar-refractivity contribution in [3.63, 3.8) is 0 Å². The largest absolute Gasteiger partial charge is 0.482 e. The van der Waals surface area contributed by atoms with Gasteiger partial charge in [-0.15, -0.1) is 0 Å². The van der Waals surface area contributed by atoms with Gasteiger partial charge in [0.25, 0.3) is 5.91 Å². The number of para-hydroxylation sites is 1. The van der Waals surface area contributed by atoms with Crippen LogP contribution >= 0.6 is 23.2 Å². The predicted octanol–water partition coefficient (Wildman–Crippen LogP) is 4.00. The maximum Gasteiger partial charge on any atom is 0.341 e. The molecule has 1 amide bonds. The van der Waals surface area contributed by atoms with Gasteiger partial charge in [0, 0.05) is 0 Å². The summed E-state index contributed by atoms with van der Waals surface area (Å²) >= 11 is 12.0. The minimum Gasteiger partial charge on any atom is -0.482 e. The number of nitriles is 1. The Labute approximate surface area is 159 Å². The summed E-state index contributed by atoms with van der Waals surface area (Å²) in [4.78, 5) is 22.9. The van der Waals surface area contributed by atoms with E-state index in [2.05, 4.69) is 5.32 Å². The minimum atomic E-state index is -1.11. The number of rotatable bonds is 6. The molecule has 0 aliphatic rings. The molecule has 0 aromatic heterocycles. The van der Waals surface area contributed by atoms with Crippen LogP contribution in [0.25, 0.3) is 6.08 Å². The Kier molecular flexibility index (Phi) is 6.61. The number of aliphatic carboxylic acids is 1. The number of halogens is 2. The Morgan fingerprint density at radius 3 is 2.46 bits per heavy atom. The summed E-state index contributed by atoms with van der Waals surface area (Å²) in [6.07, 6.45) is 1.34. The number of ether oxygens (including phenoxy) is 1. The van der Waals surface area contributed by atoms with Crippen LogP contribution < -0.4 is 10.1 Å². The number of amides is 1.